The number of carboxylic acids is 1. The molecule has 0 saturated heterocycles. The first-order chi connectivity index (χ1) is 9.15. The first kappa shape index (κ1) is 16.9. The number of rotatable bonds is 6. The SMILES string of the molecule is Cc1c(C(=O)O)cc(Cl)cc1S(=O)(=O)CCCN(C)C. The summed E-state index contributed by atoms with van der Waals surface area (Å²) in [6.45, 7) is 2.13. The molecule has 5 nitrogen and oxygen atoms in total. The van der Waals surface area contributed by atoms with Gasteiger partial charge >= 0.3 is 5.97 Å². The highest BCUT2D eigenvalue weighted by molar-refractivity contribution is 7.91. The second-order valence-corrected chi connectivity index (χ2v) is 7.37. The van der Waals surface area contributed by atoms with Gasteiger partial charge in [-0.1, -0.05) is 11.6 Å². The van der Waals surface area contributed by atoms with Gasteiger partial charge in [0, 0.05) is 5.02 Å². The molecule has 0 aromatic heterocycles. The normalized spacial score (nSPS) is 11.8. The van der Waals surface area contributed by atoms with Crippen LogP contribution in [0, 0.1) is 6.92 Å². The molecular formula is C13H18ClNO4S. The lowest BCUT2D eigenvalue weighted by Crippen LogP contribution is -2.18. The molecule has 0 heterocycles. The van der Waals surface area contributed by atoms with E-state index in [1.165, 1.54) is 19.1 Å². The average Bonchev–Trinajstić information content (AvgIpc) is 2.30. The molecule has 0 bridgehead atoms. The van der Waals surface area contributed by atoms with Crippen LogP contribution in [0.3, 0.4) is 0 Å². The molecule has 20 heavy (non-hydrogen) atoms. The fourth-order valence-corrected chi connectivity index (χ4v) is 3.77. The lowest BCUT2D eigenvalue weighted by atomic mass is 10.1. The molecule has 0 amide bonds. The lowest BCUT2D eigenvalue weighted by Gasteiger charge is -2.12. The summed E-state index contributed by atoms with van der Waals surface area (Å²) in [5.41, 5.74) is 0.149. The van der Waals surface area contributed by atoms with Crippen LogP contribution in [0.4, 0.5) is 0 Å². The number of hydrogen-bond acceptors (Lipinski definition) is 4. The summed E-state index contributed by atoms with van der Waals surface area (Å²) in [7, 11) is 0.182. The van der Waals surface area contributed by atoms with E-state index in [1.807, 2.05) is 19.0 Å². The van der Waals surface area contributed by atoms with Crippen molar-refractivity contribution in [3.63, 3.8) is 0 Å². The highest BCUT2D eigenvalue weighted by Crippen LogP contribution is 2.25. The number of benzene rings is 1. The van der Waals surface area contributed by atoms with Gasteiger partial charge in [0.05, 0.1) is 16.2 Å². The van der Waals surface area contributed by atoms with Gasteiger partial charge in [-0.15, -0.1) is 0 Å². The second-order valence-electron chi connectivity index (χ2n) is 4.86. The molecule has 0 radical (unpaired) electrons. The van der Waals surface area contributed by atoms with Crippen molar-refractivity contribution < 1.29 is 18.3 Å². The number of sulfone groups is 1. The van der Waals surface area contributed by atoms with Crippen LogP contribution in [0.25, 0.3) is 0 Å². The molecule has 1 aromatic carbocycles. The highest BCUT2D eigenvalue weighted by Gasteiger charge is 2.22. The predicted octanol–water partition coefficient (Wildman–Crippen LogP) is 2.07. The number of carboxylic acid groups (broad SMARTS) is 1. The Labute approximate surface area is 124 Å². The average molecular weight is 320 g/mol. The maximum atomic E-state index is 12.3. The molecule has 1 aromatic rings. The van der Waals surface area contributed by atoms with Gasteiger partial charge < -0.3 is 10.0 Å². The van der Waals surface area contributed by atoms with Crippen LogP contribution >= 0.6 is 11.6 Å². The van der Waals surface area contributed by atoms with Crippen LogP contribution in [0.15, 0.2) is 17.0 Å². The number of aromatic carboxylic acids is 1. The van der Waals surface area contributed by atoms with Crippen LogP contribution in [0.2, 0.25) is 5.02 Å². The summed E-state index contributed by atoms with van der Waals surface area (Å²) in [5.74, 6) is -1.22. The summed E-state index contributed by atoms with van der Waals surface area (Å²) < 4.78 is 24.6. The van der Waals surface area contributed by atoms with Crippen molar-refractivity contribution >= 4 is 27.4 Å². The molecule has 1 rings (SSSR count). The monoisotopic (exact) mass is 319 g/mol. The zero-order chi connectivity index (χ0) is 15.5. The van der Waals surface area contributed by atoms with Crippen LogP contribution in [0.5, 0.6) is 0 Å². The third-order valence-electron chi connectivity index (χ3n) is 2.91. The highest BCUT2D eigenvalue weighted by atomic mass is 35.5. The van der Waals surface area contributed by atoms with Crippen LogP contribution in [-0.2, 0) is 9.84 Å². The van der Waals surface area contributed by atoms with Crippen molar-refractivity contribution in [2.45, 2.75) is 18.2 Å². The van der Waals surface area contributed by atoms with E-state index >= 15 is 0 Å². The summed E-state index contributed by atoms with van der Waals surface area (Å²) in [6, 6.07) is 2.58. The molecule has 0 spiro atoms. The van der Waals surface area contributed by atoms with Crippen molar-refractivity contribution in [3.8, 4) is 0 Å². The van der Waals surface area contributed by atoms with E-state index in [0.29, 0.717) is 13.0 Å². The number of hydrogen-bond donors (Lipinski definition) is 1. The second kappa shape index (κ2) is 6.56. The molecule has 1 N–H and O–H groups in total. The Morgan fingerprint density at radius 3 is 2.45 bits per heavy atom. The third kappa shape index (κ3) is 4.19. The van der Waals surface area contributed by atoms with Gasteiger partial charge in [-0.25, -0.2) is 13.2 Å². The first-order valence-corrected chi connectivity index (χ1v) is 8.09. The standard InChI is InChI=1S/C13H18ClNO4S/c1-9-11(13(16)17)7-10(14)8-12(9)20(18,19)6-4-5-15(2)3/h7-8H,4-6H2,1-3H3,(H,16,17). The van der Waals surface area contributed by atoms with Crippen molar-refractivity contribution in [2.75, 3.05) is 26.4 Å². The Balaban J connectivity index is 3.15. The maximum absolute atomic E-state index is 12.3. The first-order valence-electron chi connectivity index (χ1n) is 6.06. The molecular weight excluding hydrogens is 302 g/mol. The minimum Gasteiger partial charge on any atom is -0.478 e. The van der Waals surface area contributed by atoms with E-state index in [9.17, 15) is 13.2 Å². The van der Waals surface area contributed by atoms with Gasteiger partial charge in [-0.3, -0.25) is 0 Å². The van der Waals surface area contributed by atoms with Crippen molar-refractivity contribution in [3.05, 3.63) is 28.3 Å². The molecule has 112 valence electrons. The van der Waals surface area contributed by atoms with Crippen LogP contribution in [-0.4, -0.2) is 50.8 Å². The number of halogens is 1. The number of nitrogens with zero attached hydrogens (tertiary/aromatic N) is 1. The topological polar surface area (TPSA) is 74.7 Å². The molecule has 0 unspecified atom stereocenters. The third-order valence-corrected chi connectivity index (χ3v) is 5.05. The van der Waals surface area contributed by atoms with E-state index in [4.69, 9.17) is 16.7 Å². The zero-order valence-corrected chi connectivity index (χ0v) is 13.3. The predicted molar refractivity (Wildman–Crippen MR) is 78.4 cm³/mol. The van der Waals surface area contributed by atoms with Crippen LogP contribution in [0.1, 0.15) is 22.3 Å². The molecule has 0 aliphatic rings. The van der Waals surface area contributed by atoms with Crippen LogP contribution < -0.4 is 0 Å². The Kier molecular flexibility index (Phi) is 5.56. The van der Waals surface area contributed by atoms with Crippen molar-refractivity contribution in [2.24, 2.45) is 0 Å². The maximum Gasteiger partial charge on any atom is 0.336 e. The van der Waals surface area contributed by atoms with Gasteiger partial charge in [0.1, 0.15) is 0 Å². The van der Waals surface area contributed by atoms with Gasteiger partial charge in [0.15, 0.2) is 9.84 Å². The minimum atomic E-state index is -3.54. The Morgan fingerprint density at radius 1 is 1.35 bits per heavy atom. The molecule has 0 atom stereocenters. The fourth-order valence-electron chi connectivity index (χ4n) is 1.88. The summed E-state index contributed by atoms with van der Waals surface area (Å²) in [6.07, 6.45) is 0.476. The van der Waals surface area contributed by atoms with E-state index in [-0.39, 0.29) is 26.8 Å². The lowest BCUT2D eigenvalue weighted by molar-refractivity contribution is 0.0696. The Bertz CT molecular complexity index is 611. The molecule has 0 fully saturated rings. The molecule has 0 aliphatic heterocycles. The van der Waals surface area contributed by atoms with Gasteiger partial charge in [0.25, 0.3) is 0 Å². The summed E-state index contributed by atoms with van der Waals surface area (Å²) in [5, 5.41) is 9.18. The largest absolute Gasteiger partial charge is 0.478 e. The van der Waals surface area contributed by atoms with Gasteiger partial charge in [-0.05, 0) is 51.7 Å². The van der Waals surface area contributed by atoms with Gasteiger partial charge in [-0.2, -0.15) is 0 Å². The molecule has 0 saturated carbocycles. The summed E-state index contributed by atoms with van der Waals surface area (Å²) in [4.78, 5) is 13.0. The van der Waals surface area contributed by atoms with Crippen molar-refractivity contribution in [1.29, 1.82) is 0 Å². The quantitative estimate of drug-likeness (QED) is 0.868. The Morgan fingerprint density at radius 2 is 1.95 bits per heavy atom. The van der Waals surface area contributed by atoms with E-state index < -0.39 is 15.8 Å². The molecule has 0 aliphatic carbocycles. The van der Waals surface area contributed by atoms with E-state index in [2.05, 4.69) is 0 Å². The minimum absolute atomic E-state index is 0.00107. The fraction of sp³-hybridized carbons (Fsp3) is 0.462. The smallest absolute Gasteiger partial charge is 0.336 e. The van der Waals surface area contributed by atoms with Crippen molar-refractivity contribution in [1.82, 2.24) is 4.90 Å². The Hall–Kier alpha value is -1.11. The summed E-state index contributed by atoms with van der Waals surface area (Å²) >= 11 is 5.82. The zero-order valence-electron chi connectivity index (χ0n) is 11.7. The van der Waals surface area contributed by atoms with E-state index in [1.54, 1.807) is 0 Å². The number of carbonyl (C=O) groups is 1. The molecule has 7 heteroatoms. The van der Waals surface area contributed by atoms with E-state index in [0.717, 1.165) is 0 Å². The van der Waals surface area contributed by atoms with Gasteiger partial charge in [0.2, 0.25) is 0 Å².